The first-order chi connectivity index (χ1) is 7.96. The molecule has 0 amide bonds. The monoisotopic (exact) mass is 236 g/mol. The zero-order valence-corrected chi connectivity index (χ0v) is 11.3. The van der Waals surface area contributed by atoms with Gasteiger partial charge < -0.3 is 15.8 Å². The Bertz CT molecular complexity index is 333. The molecule has 1 aromatic rings. The molecule has 1 aromatic carbocycles. The molecule has 0 radical (unpaired) electrons. The fourth-order valence-electron chi connectivity index (χ4n) is 1.76. The molecule has 1 rings (SSSR count). The highest BCUT2D eigenvalue weighted by Gasteiger charge is 2.21. The van der Waals surface area contributed by atoms with Crippen LogP contribution in [0.1, 0.15) is 25.8 Å². The number of rotatable bonds is 6. The SMILES string of the molecule is COC(C)(C)CC(CN)Nc1ccc(C)cc1. The van der Waals surface area contributed by atoms with E-state index in [0.717, 1.165) is 12.1 Å². The van der Waals surface area contributed by atoms with Gasteiger partial charge in [0.05, 0.1) is 5.60 Å². The molecule has 0 saturated carbocycles. The summed E-state index contributed by atoms with van der Waals surface area (Å²) in [6.45, 7) is 6.83. The molecular formula is C14H24N2O. The molecule has 3 heteroatoms. The summed E-state index contributed by atoms with van der Waals surface area (Å²) in [6, 6.07) is 8.58. The first-order valence-electron chi connectivity index (χ1n) is 6.05. The van der Waals surface area contributed by atoms with Crippen molar-refractivity contribution in [1.29, 1.82) is 0 Å². The van der Waals surface area contributed by atoms with Crippen LogP contribution in [0.15, 0.2) is 24.3 Å². The second kappa shape index (κ2) is 6.03. The fraction of sp³-hybridized carbons (Fsp3) is 0.571. The van der Waals surface area contributed by atoms with Gasteiger partial charge in [-0.15, -0.1) is 0 Å². The molecule has 1 atom stereocenters. The third-order valence-electron chi connectivity index (χ3n) is 3.00. The van der Waals surface area contributed by atoms with E-state index >= 15 is 0 Å². The van der Waals surface area contributed by atoms with Crippen LogP contribution < -0.4 is 11.1 Å². The maximum atomic E-state index is 5.79. The number of methoxy groups -OCH3 is 1. The van der Waals surface area contributed by atoms with Crippen molar-refractivity contribution in [1.82, 2.24) is 0 Å². The van der Waals surface area contributed by atoms with Crippen LogP contribution in [0.5, 0.6) is 0 Å². The van der Waals surface area contributed by atoms with Gasteiger partial charge in [-0.05, 0) is 39.3 Å². The van der Waals surface area contributed by atoms with Crippen LogP contribution in [0.25, 0.3) is 0 Å². The molecular weight excluding hydrogens is 212 g/mol. The van der Waals surface area contributed by atoms with Gasteiger partial charge in [-0.1, -0.05) is 17.7 Å². The topological polar surface area (TPSA) is 47.3 Å². The molecule has 96 valence electrons. The van der Waals surface area contributed by atoms with E-state index in [9.17, 15) is 0 Å². The average molecular weight is 236 g/mol. The van der Waals surface area contributed by atoms with E-state index in [1.807, 2.05) is 0 Å². The predicted molar refractivity (Wildman–Crippen MR) is 73.3 cm³/mol. The highest BCUT2D eigenvalue weighted by atomic mass is 16.5. The summed E-state index contributed by atoms with van der Waals surface area (Å²) in [5.41, 5.74) is 8.01. The van der Waals surface area contributed by atoms with Crippen molar-refractivity contribution in [3.63, 3.8) is 0 Å². The Kier molecular flexibility index (Phi) is 4.97. The minimum atomic E-state index is -0.151. The summed E-state index contributed by atoms with van der Waals surface area (Å²) in [7, 11) is 1.74. The van der Waals surface area contributed by atoms with Crippen molar-refractivity contribution in [2.75, 3.05) is 19.0 Å². The molecule has 0 heterocycles. The van der Waals surface area contributed by atoms with E-state index in [4.69, 9.17) is 10.5 Å². The molecule has 0 aliphatic heterocycles. The van der Waals surface area contributed by atoms with Gasteiger partial charge in [0.25, 0.3) is 0 Å². The molecule has 0 spiro atoms. The lowest BCUT2D eigenvalue weighted by molar-refractivity contribution is 0.0122. The van der Waals surface area contributed by atoms with Crippen LogP contribution in [-0.4, -0.2) is 25.3 Å². The zero-order valence-electron chi connectivity index (χ0n) is 11.3. The predicted octanol–water partition coefficient (Wildman–Crippen LogP) is 2.55. The normalized spacial score (nSPS) is 13.5. The number of anilines is 1. The van der Waals surface area contributed by atoms with Gasteiger partial charge in [-0.2, -0.15) is 0 Å². The van der Waals surface area contributed by atoms with E-state index < -0.39 is 0 Å². The largest absolute Gasteiger partial charge is 0.381 e. The number of nitrogens with one attached hydrogen (secondary N) is 1. The standard InChI is InChI=1S/C14H24N2O/c1-11-5-7-12(8-6-11)16-13(10-15)9-14(2,3)17-4/h5-8,13,16H,9-10,15H2,1-4H3. The van der Waals surface area contributed by atoms with E-state index in [1.165, 1.54) is 5.56 Å². The van der Waals surface area contributed by atoms with Crippen molar-refractivity contribution in [3.8, 4) is 0 Å². The second-order valence-electron chi connectivity index (χ2n) is 5.11. The molecule has 0 aliphatic carbocycles. The summed E-state index contributed by atoms with van der Waals surface area (Å²) in [5, 5.41) is 3.44. The first-order valence-corrected chi connectivity index (χ1v) is 6.05. The van der Waals surface area contributed by atoms with Gasteiger partial charge in [0.2, 0.25) is 0 Å². The van der Waals surface area contributed by atoms with E-state index in [-0.39, 0.29) is 11.6 Å². The van der Waals surface area contributed by atoms with Crippen LogP contribution in [0, 0.1) is 6.92 Å². The maximum Gasteiger partial charge on any atom is 0.0642 e. The third-order valence-corrected chi connectivity index (χ3v) is 3.00. The molecule has 0 fully saturated rings. The fourth-order valence-corrected chi connectivity index (χ4v) is 1.76. The highest BCUT2D eigenvalue weighted by molar-refractivity contribution is 5.45. The Morgan fingerprint density at radius 2 is 1.88 bits per heavy atom. The Morgan fingerprint density at radius 3 is 2.35 bits per heavy atom. The quantitative estimate of drug-likeness (QED) is 0.798. The number of aryl methyl sites for hydroxylation is 1. The minimum Gasteiger partial charge on any atom is -0.381 e. The molecule has 1 unspecified atom stereocenters. The van der Waals surface area contributed by atoms with Crippen molar-refractivity contribution in [2.24, 2.45) is 5.73 Å². The lowest BCUT2D eigenvalue weighted by Gasteiger charge is -2.29. The Balaban J connectivity index is 2.61. The van der Waals surface area contributed by atoms with Gasteiger partial charge in [-0.25, -0.2) is 0 Å². The highest BCUT2D eigenvalue weighted by Crippen LogP contribution is 2.18. The Labute approximate surface area is 104 Å². The Hall–Kier alpha value is -1.06. The number of benzene rings is 1. The molecule has 0 bridgehead atoms. The first kappa shape index (κ1) is 14.0. The van der Waals surface area contributed by atoms with Crippen LogP contribution in [0.2, 0.25) is 0 Å². The number of hydrogen-bond donors (Lipinski definition) is 2. The van der Waals surface area contributed by atoms with Crippen LogP contribution >= 0.6 is 0 Å². The number of ether oxygens (including phenoxy) is 1. The average Bonchev–Trinajstić information content (AvgIpc) is 2.31. The summed E-state index contributed by atoms with van der Waals surface area (Å²) in [5.74, 6) is 0. The molecule has 17 heavy (non-hydrogen) atoms. The van der Waals surface area contributed by atoms with Crippen LogP contribution in [-0.2, 0) is 4.74 Å². The summed E-state index contributed by atoms with van der Waals surface area (Å²) < 4.78 is 5.43. The van der Waals surface area contributed by atoms with Crippen molar-refractivity contribution in [3.05, 3.63) is 29.8 Å². The molecule has 3 nitrogen and oxygen atoms in total. The smallest absolute Gasteiger partial charge is 0.0642 e. The van der Waals surface area contributed by atoms with Gasteiger partial charge in [-0.3, -0.25) is 0 Å². The van der Waals surface area contributed by atoms with Crippen LogP contribution in [0.4, 0.5) is 5.69 Å². The second-order valence-corrected chi connectivity index (χ2v) is 5.11. The lowest BCUT2D eigenvalue weighted by atomic mass is 9.98. The number of hydrogen-bond acceptors (Lipinski definition) is 3. The van der Waals surface area contributed by atoms with Crippen molar-refractivity contribution < 1.29 is 4.74 Å². The summed E-state index contributed by atoms with van der Waals surface area (Å²) in [6.07, 6.45) is 0.883. The van der Waals surface area contributed by atoms with E-state index in [2.05, 4.69) is 50.4 Å². The summed E-state index contributed by atoms with van der Waals surface area (Å²) in [4.78, 5) is 0. The zero-order chi connectivity index (χ0) is 12.9. The van der Waals surface area contributed by atoms with Crippen LogP contribution in [0.3, 0.4) is 0 Å². The molecule has 0 saturated heterocycles. The van der Waals surface area contributed by atoms with Crippen molar-refractivity contribution >= 4 is 5.69 Å². The molecule has 0 aliphatic rings. The summed E-state index contributed by atoms with van der Waals surface area (Å²) >= 11 is 0. The van der Waals surface area contributed by atoms with Gasteiger partial charge in [0.15, 0.2) is 0 Å². The molecule has 0 aromatic heterocycles. The maximum absolute atomic E-state index is 5.79. The minimum absolute atomic E-state index is 0.151. The van der Waals surface area contributed by atoms with Gasteiger partial charge in [0, 0.05) is 25.4 Å². The van der Waals surface area contributed by atoms with Crippen molar-refractivity contribution in [2.45, 2.75) is 38.8 Å². The lowest BCUT2D eigenvalue weighted by Crippen LogP contribution is -2.37. The van der Waals surface area contributed by atoms with Gasteiger partial charge in [0.1, 0.15) is 0 Å². The molecule has 3 N–H and O–H groups in total. The Morgan fingerprint density at radius 1 is 1.29 bits per heavy atom. The van der Waals surface area contributed by atoms with E-state index in [0.29, 0.717) is 6.54 Å². The third kappa shape index (κ3) is 4.75. The van der Waals surface area contributed by atoms with Gasteiger partial charge >= 0.3 is 0 Å². The number of nitrogens with two attached hydrogens (primary N) is 1. The van der Waals surface area contributed by atoms with E-state index in [1.54, 1.807) is 7.11 Å².